The van der Waals surface area contributed by atoms with Crippen molar-refractivity contribution >= 4 is 27.8 Å². The van der Waals surface area contributed by atoms with E-state index in [0.717, 1.165) is 10.0 Å². The molecule has 1 aromatic heterocycles. The first-order valence-corrected chi connectivity index (χ1v) is 8.16. The van der Waals surface area contributed by atoms with E-state index in [1.54, 1.807) is 37.1 Å². The van der Waals surface area contributed by atoms with Gasteiger partial charge in [0.05, 0.1) is 13.0 Å². The van der Waals surface area contributed by atoms with Crippen molar-refractivity contribution in [1.29, 1.82) is 0 Å². The number of benzene rings is 1. The van der Waals surface area contributed by atoms with Gasteiger partial charge in [-0.15, -0.1) is 0 Å². The van der Waals surface area contributed by atoms with Gasteiger partial charge < -0.3 is 19.7 Å². The molecule has 0 saturated carbocycles. The summed E-state index contributed by atoms with van der Waals surface area (Å²) in [5.74, 6) is -1.38. The Morgan fingerprint density at radius 3 is 2.67 bits per heavy atom. The summed E-state index contributed by atoms with van der Waals surface area (Å²) in [6, 6.07) is 8.95. The van der Waals surface area contributed by atoms with E-state index in [-0.39, 0.29) is 18.9 Å². The summed E-state index contributed by atoms with van der Waals surface area (Å²) in [6.07, 6.45) is 2.04. The van der Waals surface area contributed by atoms with E-state index in [9.17, 15) is 14.7 Å². The molecule has 7 heteroatoms. The Bertz CT molecular complexity index is 742. The van der Waals surface area contributed by atoms with Crippen LogP contribution < -0.4 is 10.1 Å². The second kappa shape index (κ2) is 8.01. The maximum atomic E-state index is 12.2. The van der Waals surface area contributed by atoms with Crippen LogP contribution in [0.4, 0.5) is 0 Å². The number of halogens is 1. The third-order valence-corrected chi connectivity index (χ3v) is 4.15. The fourth-order valence-corrected chi connectivity index (χ4v) is 2.96. The number of carboxylic acid groups (broad SMARTS) is 1. The highest BCUT2D eigenvalue weighted by Crippen LogP contribution is 2.21. The van der Waals surface area contributed by atoms with Crippen molar-refractivity contribution < 1.29 is 19.4 Å². The molecule has 24 heavy (non-hydrogen) atoms. The van der Waals surface area contributed by atoms with Crippen LogP contribution in [0.5, 0.6) is 5.75 Å². The summed E-state index contributed by atoms with van der Waals surface area (Å²) in [6.45, 7) is 0.0367. The quantitative estimate of drug-likeness (QED) is 0.755. The van der Waals surface area contributed by atoms with Crippen LogP contribution in [-0.2, 0) is 18.3 Å². The Kier molecular flexibility index (Phi) is 6.03. The zero-order chi connectivity index (χ0) is 17.7. The minimum atomic E-state index is -0.964. The van der Waals surface area contributed by atoms with Crippen molar-refractivity contribution in [3.05, 3.63) is 52.3 Å². The number of aliphatic carboxylic acids is 1. The summed E-state index contributed by atoms with van der Waals surface area (Å²) in [7, 11) is 3.30. The molecule has 2 aromatic rings. The minimum absolute atomic E-state index is 0.0367. The van der Waals surface area contributed by atoms with Crippen molar-refractivity contribution in [2.24, 2.45) is 13.0 Å². The van der Waals surface area contributed by atoms with E-state index < -0.39 is 11.9 Å². The number of nitrogens with one attached hydrogen (secondary N) is 1. The number of carboxylic acids is 1. The molecule has 0 aliphatic carbocycles. The first-order chi connectivity index (χ1) is 11.4. The molecule has 1 heterocycles. The van der Waals surface area contributed by atoms with Gasteiger partial charge in [0.1, 0.15) is 11.4 Å². The first-order valence-electron chi connectivity index (χ1n) is 7.37. The predicted octanol–water partition coefficient (Wildman–Crippen LogP) is 2.47. The number of carbonyl (C=O) groups excluding carboxylic acids is 1. The van der Waals surface area contributed by atoms with Crippen LogP contribution >= 0.6 is 15.9 Å². The Labute approximate surface area is 148 Å². The van der Waals surface area contributed by atoms with Crippen molar-refractivity contribution in [1.82, 2.24) is 9.88 Å². The average Bonchev–Trinajstić information content (AvgIpc) is 2.89. The molecule has 1 amide bonds. The fraction of sp³-hybridized carbons (Fsp3) is 0.294. The van der Waals surface area contributed by atoms with Gasteiger partial charge in [0.2, 0.25) is 0 Å². The molecule has 0 bridgehead atoms. The van der Waals surface area contributed by atoms with Gasteiger partial charge in [-0.25, -0.2) is 0 Å². The number of hydrogen-bond acceptors (Lipinski definition) is 3. The number of carbonyl (C=O) groups is 2. The Hall–Kier alpha value is -2.28. The van der Waals surface area contributed by atoms with Gasteiger partial charge in [0.25, 0.3) is 5.91 Å². The van der Waals surface area contributed by atoms with Gasteiger partial charge in [-0.2, -0.15) is 0 Å². The summed E-state index contributed by atoms with van der Waals surface area (Å²) in [4.78, 5) is 23.7. The van der Waals surface area contributed by atoms with Crippen molar-refractivity contribution in [2.45, 2.75) is 6.42 Å². The molecule has 1 aromatic carbocycles. The van der Waals surface area contributed by atoms with Crippen molar-refractivity contribution in [3.8, 4) is 5.75 Å². The molecule has 0 fully saturated rings. The molecule has 0 spiro atoms. The third kappa shape index (κ3) is 4.38. The van der Waals surface area contributed by atoms with Crippen LogP contribution in [0.15, 0.2) is 41.0 Å². The Morgan fingerprint density at radius 2 is 2.08 bits per heavy atom. The van der Waals surface area contributed by atoms with E-state index in [1.165, 1.54) is 0 Å². The SMILES string of the molecule is COc1ccccc1CC(CNC(=O)c1cc(Br)cn1C)C(=O)O. The molecule has 6 nitrogen and oxygen atoms in total. The van der Waals surface area contributed by atoms with E-state index in [4.69, 9.17) is 4.74 Å². The zero-order valence-electron chi connectivity index (χ0n) is 13.5. The number of para-hydroxylation sites is 1. The summed E-state index contributed by atoms with van der Waals surface area (Å²) in [5.41, 5.74) is 1.26. The number of hydrogen-bond donors (Lipinski definition) is 2. The largest absolute Gasteiger partial charge is 0.496 e. The van der Waals surface area contributed by atoms with E-state index >= 15 is 0 Å². The lowest BCUT2D eigenvalue weighted by Crippen LogP contribution is -2.34. The normalized spacial score (nSPS) is 11.8. The maximum Gasteiger partial charge on any atom is 0.308 e. The Morgan fingerprint density at radius 1 is 1.38 bits per heavy atom. The van der Waals surface area contributed by atoms with Crippen molar-refractivity contribution in [2.75, 3.05) is 13.7 Å². The second-order valence-electron chi connectivity index (χ2n) is 5.42. The molecular formula is C17H19BrN2O4. The van der Waals surface area contributed by atoms with Crippen LogP contribution in [0.2, 0.25) is 0 Å². The number of methoxy groups -OCH3 is 1. The smallest absolute Gasteiger partial charge is 0.308 e. The van der Waals surface area contributed by atoms with E-state index in [0.29, 0.717) is 11.4 Å². The van der Waals surface area contributed by atoms with Crippen molar-refractivity contribution in [3.63, 3.8) is 0 Å². The number of amides is 1. The van der Waals surface area contributed by atoms with Crippen LogP contribution in [0, 0.1) is 5.92 Å². The van der Waals surface area contributed by atoms with Crippen LogP contribution in [0.3, 0.4) is 0 Å². The van der Waals surface area contributed by atoms with Gasteiger partial charge in [-0.3, -0.25) is 9.59 Å². The van der Waals surface area contributed by atoms with Gasteiger partial charge in [-0.1, -0.05) is 18.2 Å². The molecule has 1 atom stereocenters. The molecule has 0 aliphatic heterocycles. The molecule has 0 radical (unpaired) electrons. The van der Waals surface area contributed by atoms with Crippen LogP contribution in [-0.4, -0.2) is 35.2 Å². The number of rotatable bonds is 7. The fourth-order valence-electron chi connectivity index (χ4n) is 2.44. The maximum absolute atomic E-state index is 12.2. The highest BCUT2D eigenvalue weighted by molar-refractivity contribution is 9.10. The van der Waals surface area contributed by atoms with Gasteiger partial charge >= 0.3 is 5.97 Å². The standard InChI is InChI=1S/C17H19BrN2O4/c1-20-10-13(18)8-14(20)16(21)19-9-12(17(22)23)7-11-5-3-4-6-15(11)24-2/h3-6,8,10,12H,7,9H2,1-2H3,(H,19,21)(H,22,23). The number of ether oxygens (including phenoxy) is 1. The summed E-state index contributed by atoms with van der Waals surface area (Å²) >= 11 is 3.31. The van der Waals surface area contributed by atoms with Gasteiger partial charge in [0, 0.05) is 24.3 Å². The summed E-state index contributed by atoms with van der Waals surface area (Å²) < 4.78 is 7.72. The molecule has 0 saturated heterocycles. The number of aromatic nitrogens is 1. The summed E-state index contributed by atoms with van der Waals surface area (Å²) in [5, 5.41) is 12.1. The van der Waals surface area contributed by atoms with Crippen LogP contribution in [0.25, 0.3) is 0 Å². The molecule has 128 valence electrons. The minimum Gasteiger partial charge on any atom is -0.496 e. The molecule has 1 unspecified atom stereocenters. The first kappa shape index (κ1) is 18.1. The van der Waals surface area contributed by atoms with Crippen LogP contribution in [0.1, 0.15) is 16.1 Å². The monoisotopic (exact) mass is 394 g/mol. The lowest BCUT2D eigenvalue weighted by molar-refractivity contribution is -0.141. The molecule has 2 rings (SSSR count). The highest BCUT2D eigenvalue weighted by atomic mass is 79.9. The average molecular weight is 395 g/mol. The van der Waals surface area contributed by atoms with E-state index in [2.05, 4.69) is 21.2 Å². The van der Waals surface area contributed by atoms with E-state index in [1.807, 2.05) is 18.2 Å². The Balaban J connectivity index is 2.05. The second-order valence-corrected chi connectivity index (χ2v) is 6.33. The van der Waals surface area contributed by atoms with Gasteiger partial charge in [0.15, 0.2) is 0 Å². The molecule has 0 aliphatic rings. The lowest BCUT2D eigenvalue weighted by atomic mass is 9.98. The predicted molar refractivity (Wildman–Crippen MR) is 93.3 cm³/mol. The highest BCUT2D eigenvalue weighted by Gasteiger charge is 2.21. The topological polar surface area (TPSA) is 80.6 Å². The van der Waals surface area contributed by atoms with Gasteiger partial charge in [-0.05, 0) is 40.0 Å². The third-order valence-electron chi connectivity index (χ3n) is 3.72. The molecule has 2 N–H and O–H groups in total. The zero-order valence-corrected chi connectivity index (χ0v) is 15.0. The number of aryl methyl sites for hydroxylation is 1. The number of nitrogens with zero attached hydrogens (tertiary/aromatic N) is 1. The lowest BCUT2D eigenvalue weighted by Gasteiger charge is -2.15. The molecular weight excluding hydrogens is 376 g/mol.